The van der Waals surface area contributed by atoms with Gasteiger partial charge in [-0.15, -0.1) is 0 Å². The standard InChI is InChI=1S/C7H12N2O3/c1-11-5-2-9-4(3-12-5)6(8)7(9)10/h4-6H,2-3,8H2,1H3. The van der Waals surface area contributed by atoms with Crippen LogP contribution in [-0.2, 0) is 14.3 Å². The first-order valence-electron chi connectivity index (χ1n) is 3.94. The molecule has 0 spiro atoms. The number of methoxy groups -OCH3 is 1. The average Bonchev–Trinajstić information content (AvgIpc) is 2.15. The number of rotatable bonds is 1. The number of carbonyl (C=O) groups is 1. The molecule has 0 aromatic heterocycles. The monoisotopic (exact) mass is 172 g/mol. The Labute approximate surface area is 70.4 Å². The van der Waals surface area contributed by atoms with Gasteiger partial charge in [-0.05, 0) is 0 Å². The van der Waals surface area contributed by atoms with E-state index in [1.165, 1.54) is 0 Å². The highest BCUT2D eigenvalue weighted by atomic mass is 16.7. The summed E-state index contributed by atoms with van der Waals surface area (Å²) in [5, 5.41) is 0. The third-order valence-corrected chi connectivity index (χ3v) is 2.44. The van der Waals surface area contributed by atoms with Gasteiger partial charge in [0.2, 0.25) is 5.91 Å². The van der Waals surface area contributed by atoms with E-state index in [1.54, 1.807) is 12.0 Å². The quantitative estimate of drug-likeness (QED) is 0.490. The van der Waals surface area contributed by atoms with Crippen LogP contribution < -0.4 is 5.73 Å². The molecule has 2 saturated heterocycles. The number of hydrogen-bond acceptors (Lipinski definition) is 4. The summed E-state index contributed by atoms with van der Waals surface area (Å²) < 4.78 is 10.3. The molecule has 0 bridgehead atoms. The zero-order chi connectivity index (χ0) is 8.72. The van der Waals surface area contributed by atoms with Crippen molar-refractivity contribution in [3.63, 3.8) is 0 Å². The summed E-state index contributed by atoms with van der Waals surface area (Å²) in [4.78, 5) is 12.9. The molecule has 2 aliphatic rings. The van der Waals surface area contributed by atoms with Crippen molar-refractivity contribution in [2.75, 3.05) is 20.3 Å². The lowest BCUT2D eigenvalue weighted by atomic mass is 9.95. The number of morpholine rings is 1. The van der Waals surface area contributed by atoms with Gasteiger partial charge >= 0.3 is 0 Å². The molecule has 3 unspecified atom stereocenters. The lowest BCUT2D eigenvalue weighted by molar-refractivity contribution is -0.210. The molecule has 5 nitrogen and oxygen atoms in total. The van der Waals surface area contributed by atoms with E-state index in [2.05, 4.69) is 0 Å². The van der Waals surface area contributed by atoms with Gasteiger partial charge in [0, 0.05) is 7.11 Å². The summed E-state index contributed by atoms with van der Waals surface area (Å²) in [6.07, 6.45) is -0.280. The van der Waals surface area contributed by atoms with Crippen LogP contribution in [0.4, 0.5) is 0 Å². The molecular weight excluding hydrogens is 160 g/mol. The van der Waals surface area contributed by atoms with Crippen LogP contribution in [0, 0.1) is 0 Å². The minimum atomic E-state index is -0.359. The third-order valence-electron chi connectivity index (χ3n) is 2.44. The smallest absolute Gasteiger partial charge is 0.242 e. The van der Waals surface area contributed by atoms with Crippen LogP contribution in [0.5, 0.6) is 0 Å². The highest BCUT2D eigenvalue weighted by Gasteiger charge is 2.48. The fourth-order valence-electron chi connectivity index (χ4n) is 1.61. The zero-order valence-electron chi connectivity index (χ0n) is 6.90. The summed E-state index contributed by atoms with van der Waals surface area (Å²) in [5.74, 6) is 0.00495. The Hall–Kier alpha value is -0.650. The van der Waals surface area contributed by atoms with Crippen molar-refractivity contribution in [3.8, 4) is 0 Å². The van der Waals surface area contributed by atoms with Crippen LogP contribution in [-0.4, -0.2) is 49.4 Å². The van der Waals surface area contributed by atoms with Gasteiger partial charge in [-0.3, -0.25) is 4.79 Å². The third kappa shape index (κ3) is 0.939. The fourth-order valence-corrected chi connectivity index (χ4v) is 1.61. The number of fused-ring (bicyclic) bond motifs is 1. The zero-order valence-corrected chi connectivity index (χ0v) is 6.90. The summed E-state index contributed by atoms with van der Waals surface area (Å²) >= 11 is 0. The molecule has 0 aromatic carbocycles. The summed E-state index contributed by atoms with van der Waals surface area (Å²) in [6.45, 7) is 0.999. The lowest BCUT2D eigenvalue weighted by Crippen LogP contribution is -2.73. The molecule has 0 aliphatic carbocycles. The lowest BCUT2D eigenvalue weighted by Gasteiger charge is -2.49. The summed E-state index contributed by atoms with van der Waals surface area (Å²) in [7, 11) is 1.56. The highest BCUT2D eigenvalue weighted by molar-refractivity contribution is 5.89. The van der Waals surface area contributed by atoms with E-state index in [4.69, 9.17) is 15.2 Å². The normalized spacial score (nSPS) is 40.7. The van der Waals surface area contributed by atoms with Crippen LogP contribution in [0.2, 0.25) is 0 Å². The van der Waals surface area contributed by atoms with E-state index < -0.39 is 0 Å². The molecule has 12 heavy (non-hydrogen) atoms. The van der Waals surface area contributed by atoms with Crippen LogP contribution >= 0.6 is 0 Å². The maximum Gasteiger partial charge on any atom is 0.242 e. The largest absolute Gasteiger partial charge is 0.354 e. The molecule has 2 N–H and O–H groups in total. The van der Waals surface area contributed by atoms with E-state index in [0.29, 0.717) is 13.2 Å². The van der Waals surface area contributed by atoms with E-state index in [9.17, 15) is 4.79 Å². The molecule has 1 amide bonds. The molecule has 2 heterocycles. The Morgan fingerprint density at radius 2 is 2.50 bits per heavy atom. The van der Waals surface area contributed by atoms with E-state index in [-0.39, 0.29) is 24.3 Å². The molecule has 3 atom stereocenters. The van der Waals surface area contributed by atoms with Crippen LogP contribution in [0.15, 0.2) is 0 Å². The van der Waals surface area contributed by atoms with Gasteiger partial charge in [-0.2, -0.15) is 0 Å². The van der Waals surface area contributed by atoms with Crippen molar-refractivity contribution >= 4 is 5.91 Å². The number of carbonyl (C=O) groups excluding carboxylic acids is 1. The summed E-state index contributed by atoms with van der Waals surface area (Å²) in [5.41, 5.74) is 5.55. The van der Waals surface area contributed by atoms with E-state index >= 15 is 0 Å². The molecule has 0 aromatic rings. The predicted octanol–water partition coefficient (Wildman–Crippen LogP) is -1.47. The first-order chi connectivity index (χ1) is 5.74. The maximum atomic E-state index is 11.1. The van der Waals surface area contributed by atoms with Crippen molar-refractivity contribution in [2.45, 2.75) is 18.4 Å². The van der Waals surface area contributed by atoms with E-state index in [1.807, 2.05) is 0 Å². The van der Waals surface area contributed by atoms with Crippen molar-refractivity contribution in [1.82, 2.24) is 4.90 Å². The summed E-state index contributed by atoms with van der Waals surface area (Å²) in [6, 6.07) is -0.285. The number of amides is 1. The van der Waals surface area contributed by atoms with Gasteiger partial charge in [0.05, 0.1) is 19.2 Å². The second kappa shape index (κ2) is 2.69. The number of ether oxygens (including phenoxy) is 2. The van der Waals surface area contributed by atoms with Crippen LogP contribution in [0.25, 0.3) is 0 Å². The molecular formula is C7H12N2O3. The van der Waals surface area contributed by atoms with Gasteiger partial charge < -0.3 is 20.1 Å². The van der Waals surface area contributed by atoms with Gasteiger partial charge in [-0.25, -0.2) is 0 Å². The van der Waals surface area contributed by atoms with Crippen molar-refractivity contribution in [3.05, 3.63) is 0 Å². The Morgan fingerprint density at radius 3 is 3.17 bits per heavy atom. The molecule has 0 saturated carbocycles. The van der Waals surface area contributed by atoms with Crippen molar-refractivity contribution < 1.29 is 14.3 Å². The van der Waals surface area contributed by atoms with Crippen molar-refractivity contribution in [2.24, 2.45) is 5.73 Å². The Kier molecular flexibility index (Phi) is 1.79. The minimum Gasteiger partial charge on any atom is -0.354 e. The maximum absolute atomic E-state index is 11.1. The second-order valence-corrected chi connectivity index (χ2v) is 3.08. The van der Waals surface area contributed by atoms with Gasteiger partial charge in [0.1, 0.15) is 6.04 Å². The Balaban J connectivity index is 1.98. The molecule has 68 valence electrons. The van der Waals surface area contributed by atoms with Crippen LogP contribution in [0.3, 0.4) is 0 Å². The number of hydrogen-bond donors (Lipinski definition) is 1. The number of nitrogens with zero attached hydrogens (tertiary/aromatic N) is 1. The topological polar surface area (TPSA) is 64.8 Å². The molecule has 5 heteroatoms. The number of β-lactam (4-membered cyclic amide) rings is 1. The Morgan fingerprint density at radius 1 is 1.75 bits per heavy atom. The second-order valence-electron chi connectivity index (χ2n) is 3.08. The van der Waals surface area contributed by atoms with Gasteiger partial charge in [-0.1, -0.05) is 0 Å². The van der Waals surface area contributed by atoms with Crippen LogP contribution in [0.1, 0.15) is 0 Å². The van der Waals surface area contributed by atoms with E-state index in [0.717, 1.165) is 0 Å². The highest BCUT2D eigenvalue weighted by Crippen LogP contribution is 2.23. The first kappa shape index (κ1) is 7.97. The average molecular weight is 172 g/mol. The first-order valence-corrected chi connectivity index (χ1v) is 3.94. The molecule has 2 fully saturated rings. The molecule has 2 aliphatic heterocycles. The SMILES string of the molecule is COC1CN2C(=O)C(N)C2CO1. The number of nitrogens with two attached hydrogens (primary N) is 1. The minimum absolute atomic E-state index is 0.00495. The van der Waals surface area contributed by atoms with Gasteiger partial charge in [0.15, 0.2) is 6.29 Å². The molecule has 0 radical (unpaired) electrons. The molecule has 2 rings (SSSR count). The van der Waals surface area contributed by atoms with Gasteiger partial charge in [0.25, 0.3) is 0 Å². The Bertz CT molecular complexity index is 209. The fraction of sp³-hybridized carbons (Fsp3) is 0.857. The van der Waals surface area contributed by atoms with Crippen molar-refractivity contribution in [1.29, 1.82) is 0 Å². The predicted molar refractivity (Wildman–Crippen MR) is 40.2 cm³/mol.